The summed E-state index contributed by atoms with van der Waals surface area (Å²) in [5, 5.41) is 2.96. The van der Waals surface area contributed by atoms with Gasteiger partial charge >= 0.3 is 0 Å². The third-order valence-corrected chi connectivity index (χ3v) is 4.44. The van der Waals surface area contributed by atoms with Crippen LogP contribution in [0.5, 0.6) is 0 Å². The average Bonchev–Trinajstić information content (AvgIpc) is 2.53. The van der Waals surface area contributed by atoms with Gasteiger partial charge in [-0.15, -0.1) is 0 Å². The molecule has 2 rings (SSSR count). The molecule has 0 aliphatic carbocycles. The van der Waals surface area contributed by atoms with E-state index in [1.807, 2.05) is 36.4 Å². The Balaban J connectivity index is 1.82. The van der Waals surface area contributed by atoms with Gasteiger partial charge in [0.15, 0.2) is 0 Å². The lowest BCUT2D eigenvalue weighted by Gasteiger charge is -2.10. The summed E-state index contributed by atoms with van der Waals surface area (Å²) in [5.74, 6) is 0.0433. The molecule has 0 unspecified atom stereocenters. The zero-order valence-corrected chi connectivity index (χ0v) is 15.3. The van der Waals surface area contributed by atoms with E-state index in [9.17, 15) is 4.79 Å². The van der Waals surface area contributed by atoms with Gasteiger partial charge in [0, 0.05) is 23.1 Å². The first-order chi connectivity index (χ1) is 11.0. The largest absolute Gasteiger partial charge is 0.326 e. The number of carbonyl (C=O) groups excluding carboxylic acids is 1. The molecule has 0 saturated carbocycles. The molecule has 0 radical (unpaired) electrons. The predicted octanol–water partition coefficient (Wildman–Crippen LogP) is 4.12. The van der Waals surface area contributed by atoms with Crippen molar-refractivity contribution in [1.82, 2.24) is 4.90 Å². The molecule has 4 heteroatoms. The highest BCUT2D eigenvalue weighted by atomic mass is 79.9. The molecule has 23 heavy (non-hydrogen) atoms. The van der Waals surface area contributed by atoms with Crippen molar-refractivity contribution in [3.05, 3.63) is 64.1 Å². The number of aryl methyl sites for hydroxylation is 1. The van der Waals surface area contributed by atoms with Crippen LogP contribution in [0.25, 0.3) is 0 Å². The van der Waals surface area contributed by atoms with Crippen LogP contribution < -0.4 is 5.32 Å². The van der Waals surface area contributed by atoms with Crippen LogP contribution in [0.4, 0.5) is 5.69 Å². The average molecular weight is 375 g/mol. The Morgan fingerprint density at radius 3 is 2.39 bits per heavy atom. The molecule has 0 atom stereocenters. The van der Waals surface area contributed by atoms with Crippen LogP contribution >= 0.6 is 15.9 Å². The van der Waals surface area contributed by atoms with Crippen molar-refractivity contribution < 1.29 is 4.79 Å². The maximum atomic E-state index is 12.1. The van der Waals surface area contributed by atoms with E-state index in [1.165, 1.54) is 5.56 Å². The fraction of sp³-hybridized carbons (Fsp3) is 0.316. The SMILES string of the molecule is CN(C)CCc1ccc(NC(=O)CCc2ccccc2Br)cc1. The van der Waals surface area contributed by atoms with Gasteiger partial charge in [-0.1, -0.05) is 46.3 Å². The van der Waals surface area contributed by atoms with Crippen LogP contribution in [0.2, 0.25) is 0 Å². The normalized spacial score (nSPS) is 10.8. The maximum Gasteiger partial charge on any atom is 0.224 e. The molecular formula is C19H23BrN2O. The number of hydrogen-bond acceptors (Lipinski definition) is 2. The van der Waals surface area contributed by atoms with Crippen molar-refractivity contribution in [2.45, 2.75) is 19.3 Å². The fourth-order valence-corrected chi connectivity index (χ4v) is 2.76. The summed E-state index contributed by atoms with van der Waals surface area (Å²) >= 11 is 3.51. The lowest BCUT2D eigenvalue weighted by Crippen LogP contribution is -2.15. The van der Waals surface area contributed by atoms with Crippen molar-refractivity contribution in [3.63, 3.8) is 0 Å². The summed E-state index contributed by atoms with van der Waals surface area (Å²) < 4.78 is 1.05. The third-order valence-electron chi connectivity index (χ3n) is 3.66. The van der Waals surface area contributed by atoms with Gasteiger partial charge in [-0.25, -0.2) is 0 Å². The lowest BCUT2D eigenvalue weighted by molar-refractivity contribution is -0.116. The summed E-state index contributed by atoms with van der Waals surface area (Å²) in [6, 6.07) is 16.1. The Morgan fingerprint density at radius 1 is 1.04 bits per heavy atom. The number of likely N-dealkylation sites (N-methyl/N-ethyl adjacent to an activating group) is 1. The smallest absolute Gasteiger partial charge is 0.224 e. The molecule has 0 spiro atoms. The number of amides is 1. The Labute approximate surface area is 146 Å². The van der Waals surface area contributed by atoms with Crippen LogP contribution in [-0.2, 0) is 17.6 Å². The molecule has 0 fully saturated rings. The Kier molecular flexibility index (Phi) is 6.81. The van der Waals surface area contributed by atoms with Crippen molar-refractivity contribution in [3.8, 4) is 0 Å². The number of hydrogen-bond donors (Lipinski definition) is 1. The van der Waals surface area contributed by atoms with Crippen LogP contribution in [0.1, 0.15) is 17.5 Å². The van der Waals surface area contributed by atoms with Crippen LogP contribution in [0, 0.1) is 0 Å². The van der Waals surface area contributed by atoms with Crippen molar-refractivity contribution in [2.24, 2.45) is 0 Å². The quantitative estimate of drug-likeness (QED) is 0.790. The van der Waals surface area contributed by atoms with Crippen LogP contribution in [-0.4, -0.2) is 31.4 Å². The van der Waals surface area contributed by atoms with Crippen molar-refractivity contribution in [2.75, 3.05) is 26.0 Å². The van der Waals surface area contributed by atoms with E-state index in [4.69, 9.17) is 0 Å². The number of carbonyl (C=O) groups is 1. The van der Waals surface area contributed by atoms with Crippen LogP contribution in [0.15, 0.2) is 53.0 Å². The summed E-state index contributed by atoms with van der Waals surface area (Å²) in [4.78, 5) is 14.2. The van der Waals surface area contributed by atoms with Gasteiger partial charge in [0.25, 0.3) is 0 Å². The summed E-state index contributed by atoms with van der Waals surface area (Å²) in [6.07, 6.45) is 2.22. The van der Waals surface area contributed by atoms with Crippen molar-refractivity contribution >= 4 is 27.5 Å². The molecule has 122 valence electrons. The highest BCUT2D eigenvalue weighted by Crippen LogP contribution is 2.18. The first-order valence-corrected chi connectivity index (χ1v) is 8.61. The second-order valence-electron chi connectivity index (χ2n) is 5.89. The molecule has 1 amide bonds. The highest BCUT2D eigenvalue weighted by molar-refractivity contribution is 9.10. The number of rotatable bonds is 7. The first kappa shape index (κ1) is 17.7. The molecule has 1 N–H and O–H groups in total. The lowest BCUT2D eigenvalue weighted by atomic mass is 10.1. The summed E-state index contributed by atoms with van der Waals surface area (Å²) in [7, 11) is 4.14. The topological polar surface area (TPSA) is 32.3 Å². The van der Waals surface area contributed by atoms with Gasteiger partial charge in [-0.3, -0.25) is 4.79 Å². The van der Waals surface area contributed by atoms with Gasteiger partial charge in [0.2, 0.25) is 5.91 Å². The summed E-state index contributed by atoms with van der Waals surface area (Å²) in [5.41, 5.74) is 3.29. The van der Waals surface area contributed by atoms with Gasteiger partial charge in [-0.05, 0) is 56.3 Å². The van der Waals surface area contributed by atoms with E-state index in [0.717, 1.165) is 35.1 Å². The number of nitrogens with one attached hydrogen (secondary N) is 1. The molecular weight excluding hydrogens is 352 g/mol. The molecule has 0 aromatic heterocycles. The minimum absolute atomic E-state index is 0.0433. The van der Waals surface area contributed by atoms with Gasteiger partial charge in [0.1, 0.15) is 0 Å². The van der Waals surface area contributed by atoms with Gasteiger partial charge in [0.05, 0.1) is 0 Å². The molecule has 3 nitrogen and oxygen atoms in total. The molecule has 2 aromatic rings. The fourth-order valence-electron chi connectivity index (χ4n) is 2.28. The van der Waals surface area contributed by atoms with Gasteiger partial charge in [-0.2, -0.15) is 0 Å². The number of anilines is 1. The molecule has 2 aromatic carbocycles. The molecule has 0 aliphatic rings. The van der Waals surface area contributed by atoms with E-state index < -0.39 is 0 Å². The zero-order valence-electron chi connectivity index (χ0n) is 13.7. The first-order valence-electron chi connectivity index (χ1n) is 7.81. The third kappa shape index (κ3) is 6.16. The minimum atomic E-state index is 0.0433. The second kappa shape index (κ2) is 8.85. The van der Waals surface area contributed by atoms with E-state index in [2.05, 4.69) is 52.4 Å². The zero-order chi connectivity index (χ0) is 16.7. The standard InChI is InChI=1S/C19H23BrN2O/c1-22(2)14-13-15-7-10-17(11-8-15)21-19(23)12-9-16-5-3-4-6-18(16)20/h3-8,10-11H,9,12-14H2,1-2H3,(H,21,23). The van der Waals surface area contributed by atoms with E-state index >= 15 is 0 Å². The highest BCUT2D eigenvalue weighted by Gasteiger charge is 2.05. The second-order valence-corrected chi connectivity index (χ2v) is 6.74. The number of nitrogens with zero attached hydrogens (tertiary/aromatic N) is 1. The van der Waals surface area contributed by atoms with Gasteiger partial charge < -0.3 is 10.2 Å². The molecule has 0 aliphatic heterocycles. The number of halogens is 1. The minimum Gasteiger partial charge on any atom is -0.326 e. The Morgan fingerprint density at radius 2 is 1.74 bits per heavy atom. The Hall–Kier alpha value is -1.65. The molecule has 0 saturated heterocycles. The predicted molar refractivity (Wildman–Crippen MR) is 99.8 cm³/mol. The maximum absolute atomic E-state index is 12.1. The Bertz CT molecular complexity index is 638. The molecule has 0 heterocycles. The monoisotopic (exact) mass is 374 g/mol. The number of benzene rings is 2. The van der Waals surface area contributed by atoms with E-state index in [0.29, 0.717) is 6.42 Å². The molecule has 0 bridgehead atoms. The van der Waals surface area contributed by atoms with Crippen LogP contribution in [0.3, 0.4) is 0 Å². The van der Waals surface area contributed by atoms with E-state index in [-0.39, 0.29) is 5.91 Å². The summed E-state index contributed by atoms with van der Waals surface area (Å²) in [6.45, 7) is 1.03. The van der Waals surface area contributed by atoms with E-state index in [1.54, 1.807) is 0 Å². The van der Waals surface area contributed by atoms with Crippen molar-refractivity contribution in [1.29, 1.82) is 0 Å².